The molecular weight excluding hydrogens is 240 g/mol. The van der Waals surface area contributed by atoms with Gasteiger partial charge >= 0.3 is 0 Å². The lowest BCUT2D eigenvalue weighted by Crippen LogP contribution is -2.47. The second-order valence-corrected chi connectivity index (χ2v) is 6.60. The summed E-state index contributed by atoms with van der Waals surface area (Å²) in [5.74, 6) is 0.691. The molecule has 0 aromatic heterocycles. The number of carbonyl (C=O) groups is 1. The van der Waals surface area contributed by atoms with E-state index in [9.17, 15) is 4.79 Å². The van der Waals surface area contributed by atoms with Crippen LogP contribution < -0.4 is 5.32 Å². The highest BCUT2D eigenvalue weighted by Gasteiger charge is 2.45. The quantitative estimate of drug-likeness (QED) is 0.821. The molecule has 3 aliphatic rings. The molecule has 1 atom stereocenters. The molecule has 3 fully saturated rings. The summed E-state index contributed by atoms with van der Waals surface area (Å²) in [5, 5.41) is 3.31. The molecule has 0 bridgehead atoms. The molecule has 2 heterocycles. The minimum atomic E-state index is 0.119. The predicted octanol–water partition coefficient (Wildman–Crippen LogP) is 1.55. The van der Waals surface area contributed by atoms with Crippen molar-refractivity contribution in [1.82, 2.24) is 10.2 Å². The van der Waals surface area contributed by atoms with Crippen LogP contribution in [0.4, 0.5) is 0 Å². The van der Waals surface area contributed by atoms with Crippen molar-refractivity contribution >= 4 is 5.91 Å². The van der Waals surface area contributed by atoms with Crippen LogP contribution in [0.2, 0.25) is 0 Å². The van der Waals surface area contributed by atoms with Crippen LogP contribution >= 0.6 is 0 Å². The molecule has 1 amide bonds. The van der Waals surface area contributed by atoms with E-state index in [1.54, 1.807) is 0 Å². The van der Waals surface area contributed by atoms with Gasteiger partial charge in [0.15, 0.2) is 0 Å². The predicted molar refractivity (Wildman–Crippen MR) is 73.9 cm³/mol. The fraction of sp³-hybridized carbons (Fsp3) is 0.933. The Morgan fingerprint density at radius 3 is 2.68 bits per heavy atom. The molecule has 2 aliphatic heterocycles. The second-order valence-electron chi connectivity index (χ2n) is 6.60. The zero-order valence-electron chi connectivity index (χ0n) is 11.8. The minimum Gasteiger partial charge on any atom is -0.381 e. The molecular formula is C15H26N2O2. The first-order chi connectivity index (χ1) is 9.26. The van der Waals surface area contributed by atoms with Gasteiger partial charge in [0.2, 0.25) is 5.91 Å². The van der Waals surface area contributed by atoms with Gasteiger partial charge in [-0.1, -0.05) is 6.42 Å². The minimum absolute atomic E-state index is 0.119. The summed E-state index contributed by atoms with van der Waals surface area (Å²) in [4.78, 5) is 14.6. The number of nitrogens with zero attached hydrogens (tertiary/aromatic N) is 1. The highest BCUT2D eigenvalue weighted by molar-refractivity contribution is 5.77. The Labute approximate surface area is 115 Å². The highest BCUT2D eigenvalue weighted by Crippen LogP contribution is 2.37. The SMILES string of the molecule is O=C(C[C@@H]1CCOC1)NC1(CN2CCCCC2)CC1. The summed E-state index contributed by atoms with van der Waals surface area (Å²) in [6.07, 6.45) is 8.05. The maximum absolute atomic E-state index is 12.1. The number of hydrogen-bond donors (Lipinski definition) is 1. The van der Waals surface area contributed by atoms with E-state index in [2.05, 4.69) is 10.2 Å². The van der Waals surface area contributed by atoms with Gasteiger partial charge in [-0.25, -0.2) is 0 Å². The van der Waals surface area contributed by atoms with Gasteiger partial charge in [-0.2, -0.15) is 0 Å². The first kappa shape index (κ1) is 13.4. The van der Waals surface area contributed by atoms with E-state index in [4.69, 9.17) is 4.74 Å². The van der Waals surface area contributed by atoms with Gasteiger partial charge in [-0.15, -0.1) is 0 Å². The zero-order chi connectivity index (χ0) is 13.1. The Morgan fingerprint density at radius 2 is 2.05 bits per heavy atom. The largest absolute Gasteiger partial charge is 0.381 e. The average molecular weight is 266 g/mol. The molecule has 1 saturated carbocycles. The van der Waals surface area contributed by atoms with Gasteiger partial charge in [0.25, 0.3) is 0 Å². The molecule has 0 radical (unpaired) electrons. The average Bonchev–Trinajstić information content (AvgIpc) is 2.95. The van der Waals surface area contributed by atoms with Crippen LogP contribution in [-0.2, 0) is 9.53 Å². The van der Waals surface area contributed by atoms with Crippen molar-refractivity contribution in [3.63, 3.8) is 0 Å². The number of piperidine rings is 1. The third-order valence-corrected chi connectivity index (χ3v) is 4.73. The van der Waals surface area contributed by atoms with E-state index < -0.39 is 0 Å². The fourth-order valence-electron chi connectivity index (χ4n) is 3.37. The number of carbonyl (C=O) groups excluding carboxylic acids is 1. The Morgan fingerprint density at radius 1 is 1.26 bits per heavy atom. The summed E-state index contributed by atoms with van der Waals surface area (Å²) in [6, 6.07) is 0. The van der Waals surface area contributed by atoms with Crippen molar-refractivity contribution in [2.24, 2.45) is 5.92 Å². The standard InChI is InChI=1S/C15H26N2O2/c18-14(10-13-4-9-19-11-13)16-15(5-6-15)12-17-7-2-1-3-8-17/h13H,1-12H2,(H,16,18)/t13-/m0/s1. The van der Waals surface area contributed by atoms with Crippen LogP contribution in [0.25, 0.3) is 0 Å². The monoisotopic (exact) mass is 266 g/mol. The van der Waals surface area contributed by atoms with Crippen molar-refractivity contribution in [2.75, 3.05) is 32.8 Å². The molecule has 2 saturated heterocycles. The van der Waals surface area contributed by atoms with E-state index in [1.165, 1.54) is 32.4 Å². The summed E-state index contributed by atoms with van der Waals surface area (Å²) in [6.45, 7) is 5.10. The number of likely N-dealkylation sites (tertiary alicyclic amines) is 1. The second kappa shape index (κ2) is 5.80. The molecule has 0 aromatic carbocycles. The van der Waals surface area contributed by atoms with Gasteiger partial charge in [0, 0.05) is 26.2 Å². The topological polar surface area (TPSA) is 41.6 Å². The van der Waals surface area contributed by atoms with Crippen LogP contribution in [0, 0.1) is 5.92 Å². The third kappa shape index (κ3) is 3.69. The lowest BCUT2D eigenvalue weighted by atomic mass is 10.0. The molecule has 0 aromatic rings. The van der Waals surface area contributed by atoms with E-state index in [0.29, 0.717) is 12.3 Å². The number of ether oxygens (including phenoxy) is 1. The number of hydrogen-bond acceptors (Lipinski definition) is 3. The van der Waals surface area contributed by atoms with Crippen LogP contribution in [-0.4, -0.2) is 49.2 Å². The Hall–Kier alpha value is -0.610. The Kier molecular flexibility index (Phi) is 4.08. The van der Waals surface area contributed by atoms with Crippen molar-refractivity contribution in [3.05, 3.63) is 0 Å². The highest BCUT2D eigenvalue weighted by atomic mass is 16.5. The smallest absolute Gasteiger partial charge is 0.220 e. The Balaban J connectivity index is 1.43. The molecule has 0 unspecified atom stereocenters. The van der Waals surface area contributed by atoms with Crippen molar-refractivity contribution in [2.45, 2.75) is 50.5 Å². The molecule has 108 valence electrons. The zero-order valence-corrected chi connectivity index (χ0v) is 11.8. The van der Waals surface area contributed by atoms with E-state index in [1.807, 2.05) is 0 Å². The molecule has 0 spiro atoms. The molecule has 4 heteroatoms. The first-order valence-corrected chi connectivity index (χ1v) is 7.87. The molecule has 1 N–H and O–H groups in total. The van der Waals surface area contributed by atoms with Crippen LogP contribution in [0.5, 0.6) is 0 Å². The maximum atomic E-state index is 12.1. The van der Waals surface area contributed by atoms with Crippen LogP contribution in [0.1, 0.15) is 44.9 Å². The number of rotatable bonds is 5. The van der Waals surface area contributed by atoms with E-state index in [0.717, 1.165) is 39.0 Å². The normalized spacial score (nSPS) is 30.2. The van der Waals surface area contributed by atoms with Gasteiger partial charge in [-0.05, 0) is 51.1 Å². The van der Waals surface area contributed by atoms with Gasteiger partial charge in [0.1, 0.15) is 0 Å². The summed E-state index contributed by atoms with van der Waals surface area (Å²) >= 11 is 0. The first-order valence-electron chi connectivity index (χ1n) is 7.87. The fourth-order valence-corrected chi connectivity index (χ4v) is 3.37. The van der Waals surface area contributed by atoms with Gasteiger partial charge in [0.05, 0.1) is 5.54 Å². The third-order valence-electron chi connectivity index (χ3n) is 4.73. The number of amides is 1. The summed E-state index contributed by atoms with van der Waals surface area (Å²) in [5.41, 5.74) is 0.119. The Bertz CT molecular complexity index is 316. The summed E-state index contributed by atoms with van der Waals surface area (Å²) < 4.78 is 5.34. The van der Waals surface area contributed by atoms with Crippen molar-refractivity contribution in [1.29, 1.82) is 0 Å². The molecule has 4 nitrogen and oxygen atoms in total. The van der Waals surface area contributed by atoms with E-state index in [-0.39, 0.29) is 11.4 Å². The van der Waals surface area contributed by atoms with E-state index >= 15 is 0 Å². The molecule has 3 rings (SSSR count). The number of nitrogens with one attached hydrogen (secondary N) is 1. The lowest BCUT2D eigenvalue weighted by Gasteiger charge is -2.31. The lowest BCUT2D eigenvalue weighted by molar-refractivity contribution is -0.123. The maximum Gasteiger partial charge on any atom is 0.220 e. The van der Waals surface area contributed by atoms with Gasteiger partial charge in [-0.3, -0.25) is 4.79 Å². The summed E-state index contributed by atoms with van der Waals surface area (Å²) in [7, 11) is 0. The molecule has 19 heavy (non-hydrogen) atoms. The van der Waals surface area contributed by atoms with Crippen LogP contribution in [0.3, 0.4) is 0 Å². The van der Waals surface area contributed by atoms with Gasteiger partial charge < -0.3 is 15.0 Å². The van der Waals surface area contributed by atoms with Crippen LogP contribution in [0.15, 0.2) is 0 Å². The van der Waals surface area contributed by atoms with Crippen molar-refractivity contribution < 1.29 is 9.53 Å². The molecule has 1 aliphatic carbocycles. The van der Waals surface area contributed by atoms with Crippen molar-refractivity contribution in [3.8, 4) is 0 Å².